The van der Waals surface area contributed by atoms with Gasteiger partial charge in [-0.2, -0.15) is 0 Å². The number of rotatable bonds is 6. The van der Waals surface area contributed by atoms with Gasteiger partial charge >= 0.3 is 0 Å². The molecule has 0 bridgehead atoms. The van der Waals surface area contributed by atoms with Gasteiger partial charge in [-0.1, -0.05) is 23.8 Å². The third kappa shape index (κ3) is 5.26. The minimum Gasteiger partial charge on any atom is -0.487 e. The second kappa shape index (κ2) is 9.83. The van der Waals surface area contributed by atoms with Crippen molar-refractivity contribution in [3.8, 4) is 17.2 Å². The van der Waals surface area contributed by atoms with Crippen molar-refractivity contribution in [1.29, 1.82) is 0 Å². The van der Waals surface area contributed by atoms with Crippen LogP contribution >= 0.6 is 0 Å². The Morgan fingerprint density at radius 3 is 2.53 bits per heavy atom. The first-order valence-electron chi connectivity index (χ1n) is 12.3. The van der Waals surface area contributed by atoms with Gasteiger partial charge in [-0.3, -0.25) is 9.10 Å². The lowest BCUT2D eigenvalue weighted by Crippen LogP contribution is -2.45. The second-order valence-electron chi connectivity index (χ2n) is 10.0. The Balaban J connectivity index is 1.47. The molecule has 0 radical (unpaired) electrons. The third-order valence-corrected chi connectivity index (χ3v) is 8.21. The van der Waals surface area contributed by atoms with E-state index < -0.39 is 39.9 Å². The smallest absolute Gasteiger partial charge is 0.264 e. The molecule has 0 saturated heterocycles. The van der Waals surface area contributed by atoms with E-state index in [9.17, 15) is 17.6 Å². The number of hydrogen-bond donors (Lipinski definition) is 1. The van der Waals surface area contributed by atoms with Crippen LogP contribution in [0.3, 0.4) is 0 Å². The summed E-state index contributed by atoms with van der Waals surface area (Å²) >= 11 is 0. The zero-order chi connectivity index (χ0) is 27.1. The minimum atomic E-state index is -4.28. The minimum absolute atomic E-state index is 0.0265. The van der Waals surface area contributed by atoms with E-state index in [1.165, 1.54) is 36.4 Å². The van der Waals surface area contributed by atoms with Crippen molar-refractivity contribution in [1.82, 2.24) is 5.32 Å². The van der Waals surface area contributed by atoms with Crippen LogP contribution < -0.4 is 23.8 Å². The highest BCUT2D eigenvalue weighted by atomic mass is 32.2. The van der Waals surface area contributed by atoms with E-state index in [0.717, 1.165) is 21.5 Å². The van der Waals surface area contributed by atoms with Crippen LogP contribution in [0.15, 0.2) is 65.6 Å². The first-order valence-corrected chi connectivity index (χ1v) is 13.7. The average Bonchev–Trinajstić information content (AvgIpc) is 2.87. The Kier molecular flexibility index (Phi) is 6.68. The van der Waals surface area contributed by atoms with Gasteiger partial charge in [0.2, 0.25) is 5.91 Å². The molecule has 5 rings (SSSR count). The first kappa shape index (κ1) is 25.8. The predicted molar refractivity (Wildman–Crippen MR) is 140 cm³/mol. The highest BCUT2D eigenvalue weighted by Gasteiger charge is 2.36. The first-order chi connectivity index (χ1) is 18.0. The molecule has 2 heterocycles. The standard InChI is InChI=1S/C28H29FN2O6S/c1-18-7-9-24-22(13-18)23(16-28(2,3)37-24)30-27(32)17-31(20-6-4-5-19(29)14-20)38(33,34)21-8-10-25-26(15-21)36-12-11-35-25/h4-10,13-15,23H,11-12,16-17H2,1-3H3,(H,30,32). The number of fused-ring (bicyclic) bond motifs is 2. The van der Waals surface area contributed by atoms with E-state index >= 15 is 0 Å². The topological polar surface area (TPSA) is 94.2 Å². The predicted octanol–water partition coefficient (Wildman–Crippen LogP) is 4.52. The molecule has 0 fully saturated rings. The molecule has 10 heteroatoms. The Labute approximate surface area is 221 Å². The lowest BCUT2D eigenvalue weighted by atomic mass is 9.89. The maximum atomic E-state index is 14.2. The molecular weight excluding hydrogens is 511 g/mol. The lowest BCUT2D eigenvalue weighted by molar-refractivity contribution is -0.120. The normalized spacial score (nSPS) is 17.6. The summed E-state index contributed by atoms with van der Waals surface area (Å²) in [7, 11) is -4.28. The van der Waals surface area contributed by atoms with Gasteiger partial charge in [0.15, 0.2) is 11.5 Å². The maximum Gasteiger partial charge on any atom is 0.264 e. The largest absolute Gasteiger partial charge is 0.487 e. The average molecular weight is 541 g/mol. The van der Waals surface area contributed by atoms with Crippen molar-refractivity contribution in [3.63, 3.8) is 0 Å². The second-order valence-corrected chi connectivity index (χ2v) is 11.9. The number of ether oxygens (including phenoxy) is 3. The molecule has 1 N–H and O–H groups in total. The van der Waals surface area contributed by atoms with Gasteiger partial charge in [-0.05, 0) is 57.2 Å². The number of carbonyl (C=O) groups excluding carboxylic acids is 1. The van der Waals surface area contributed by atoms with E-state index in [1.54, 1.807) is 0 Å². The summed E-state index contributed by atoms with van der Waals surface area (Å²) in [6.45, 7) is 5.90. The molecule has 8 nitrogen and oxygen atoms in total. The fourth-order valence-electron chi connectivity index (χ4n) is 4.73. The Bertz CT molecular complexity index is 1490. The van der Waals surface area contributed by atoms with Crippen LogP contribution in [-0.4, -0.2) is 39.7 Å². The quantitative estimate of drug-likeness (QED) is 0.494. The monoisotopic (exact) mass is 540 g/mol. The van der Waals surface area contributed by atoms with Crippen LogP contribution in [0.4, 0.5) is 10.1 Å². The molecule has 0 aromatic heterocycles. The number of hydrogen-bond acceptors (Lipinski definition) is 6. The maximum absolute atomic E-state index is 14.2. The fourth-order valence-corrected chi connectivity index (χ4v) is 6.16. The number of nitrogens with zero attached hydrogens (tertiary/aromatic N) is 1. The van der Waals surface area contributed by atoms with Crippen molar-refractivity contribution in [2.75, 3.05) is 24.1 Å². The number of amides is 1. The fraction of sp³-hybridized carbons (Fsp3) is 0.321. The molecule has 0 saturated carbocycles. The number of benzene rings is 3. The van der Waals surface area contributed by atoms with Crippen molar-refractivity contribution in [2.45, 2.75) is 43.7 Å². The number of halogens is 1. The summed E-state index contributed by atoms with van der Waals surface area (Å²) in [6.07, 6.45) is 0.490. The van der Waals surface area contributed by atoms with Crippen LogP contribution in [0.1, 0.15) is 37.4 Å². The Morgan fingerprint density at radius 1 is 1.03 bits per heavy atom. The van der Waals surface area contributed by atoms with Gasteiger partial charge in [0.1, 0.15) is 36.9 Å². The molecule has 2 aliphatic heterocycles. The molecule has 1 atom stereocenters. The zero-order valence-corrected chi connectivity index (χ0v) is 22.2. The van der Waals surface area contributed by atoms with Gasteiger partial charge < -0.3 is 19.5 Å². The lowest BCUT2D eigenvalue weighted by Gasteiger charge is -2.38. The Hall–Kier alpha value is -3.79. The molecule has 38 heavy (non-hydrogen) atoms. The summed E-state index contributed by atoms with van der Waals surface area (Å²) in [5, 5.41) is 2.98. The molecule has 1 amide bonds. The molecule has 3 aromatic rings. The Morgan fingerprint density at radius 2 is 1.76 bits per heavy atom. The number of nitrogens with one attached hydrogen (secondary N) is 1. The van der Waals surface area contributed by atoms with Gasteiger partial charge in [-0.15, -0.1) is 0 Å². The number of carbonyl (C=O) groups is 1. The molecule has 200 valence electrons. The van der Waals surface area contributed by atoms with E-state index in [2.05, 4.69) is 5.32 Å². The van der Waals surface area contributed by atoms with Crippen LogP contribution in [0.25, 0.3) is 0 Å². The summed E-state index contributed by atoms with van der Waals surface area (Å²) < 4.78 is 59.8. The van der Waals surface area contributed by atoms with Gasteiger partial charge in [0, 0.05) is 18.1 Å². The van der Waals surface area contributed by atoms with Crippen molar-refractivity contribution in [2.24, 2.45) is 0 Å². The summed E-state index contributed by atoms with van der Waals surface area (Å²) in [5.74, 6) is 0.230. The number of aryl methyl sites for hydroxylation is 1. The van der Waals surface area contributed by atoms with E-state index in [0.29, 0.717) is 24.5 Å². The van der Waals surface area contributed by atoms with Crippen molar-refractivity contribution >= 4 is 21.6 Å². The van der Waals surface area contributed by atoms with Crippen LogP contribution in [0.2, 0.25) is 0 Å². The number of anilines is 1. The zero-order valence-electron chi connectivity index (χ0n) is 21.4. The SMILES string of the molecule is Cc1ccc2c(c1)C(NC(=O)CN(c1cccc(F)c1)S(=O)(=O)c1ccc3c(c1)OCCO3)CC(C)(C)O2. The van der Waals surface area contributed by atoms with Gasteiger partial charge in [0.25, 0.3) is 10.0 Å². The van der Waals surface area contributed by atoms with E-state index in [1.807, 2.05) is 39.0 Å². The highest BCUT2D eigenvalue weighted by molar-refractivity contribution is 7.92. The van der Waals surface area contributed by atoms with E-state index in [-0.39, 0.29) is 22.9 Å². The van der Waals surface area contributed by atoms with Crippen LogP contribution in [0, 0.1) is 12.7 Å². The van der Waals surface area contributed by atoms with E-state index in [4.69, 9.17) is 14.2 Å². The summed E-state index contributed by atoms with van der Waals surface area (Å²) in [5.41, 5.74) is 1.32. The van der Waals surface area contributed by atoms with Gasteiger partial charge in [0.05, 0.1) is 16.6 Å². The molecular formula is C28H29FN2O6S. The van der Waals surface area contributed by atoms with Crippen molar-refractivity contribution < 1.29 is 31.8 Å². The third-order valence-electron chi connectivity index (χ3n) is 6.44. The molecule has 0 aliphatic carbocycles. The highest BCUT2D eigenvalue weighted by Crippen LogP contribution is 2.40. The molecule has 0 spiro atoms. The van der Waals surface area contributed by atoms with Crippen LogP contribution in [-0.2, 0) is 14.8 Å². The summed E-state index contributed by atoms with van der Waals surface area (Å²) in [4.78, 5) is 13.3. The molecule has 2 aliphatic rings. The molecule has 1 unspecified atom stereocenters. The van der Waals surface area contributed by atoms with Gasteiger partial charge in [-0.25, -0.2) is 12.8 Å². The molecule has 3 aromatic carbocycles. The van der Waals surface area contributed by atoms with Crippen molar-refractivity contribution in [3.05, 3.63) is 77.6 Å². The summed E-state index contributed by atoms with van der Waals surface area (Å²) in [6, 6.07) is 14.7. The van der Waals surface area contributed by atoms with Crippen LogP contribution in [0.5, 0.6) is 17.2 Å². The number of sulfonamides is 1.